The van der Waals surface area contributed by atoms with E-state index in [1.54, 1.807) is 12.1 Å². The van der Waals surface area contributed by atoms with Crippen molar-refractivity contribution in [2.45, 2.75) is 84.0 Å². The van der Waals surface area contributed by atoms with Crippen LogP contribution in [-0.2, 0) is 20.0 Å². The van der Waals surface area contributed by atoms with E-state index in [1.807, 2.05) is 6.07 Å². The molecule has 1 rings (SSSR count). The molecule has 0 fully saturated rings. The Balaban J connectivity index is 3.28. The topological polar surface area (TPSA) is 60.4 Å². The van der Waals surface area contributed by atoms with Gasteiger partial charge in [-0.3, -0.25) is 4.79 Å². The molecular formula is C22H35ClO4S. The molecule has 0 radical (unpaired) electrons. The summed E-state index contributed by atoms with van der Waals surface area (Å²) in [7, 11) is -3.59. The van der Waals surface area contributed by atoms with E-state index in [1.165, 1.54) is 0 Å². The van der Waals surface area contributed by atoms with Crippen molar-refractivity contribution in [3.63, 3.8) is 0 Å². The molecule has 0 N–H and O–H groups in total. The minimum Gasteiger partial charge on any atom is -0.492 e. The number of halogens is 1. The molecular weight excluding hydrogens is 396 g/mol. The Kier molecular flexibility index (Phi) is 9.01. The van der Waals surface area contributed by atoms with Crippen molar-refractivity contribution in [2.75, 3.05) is 12.4 Å². The van der Waals surface area contributed by atoms with Gasteiger partial charge in [-0.25, -0.2) is 8.42 Å². The molecule has 0 heterocycles. The quantitative estimate of drug-likeness (QED) is 0.324. The number of carbonyl (C=O) groups is 1. The molecule has 0 spiro atoms. The second-order valence-electron chi connectivity index (χ2n) is 9.26. The molecule has 4 nitrogen and oxygen atoms in total. The third-order valence-corrected chi connectivity index (χ3v) is 6.58. The van der Waals surface area contributed by atoms with Crippen molar-refractivity contribution in [3.8, 4) is 5.75 Å². The van der Waals surface area contributed by atoms with Gasteiger partial charge < -0.3 is 4.74 Å². The van der Waals surface area contributed by atoms with Gasteiger partial charge in [0, 0.05) is 6.42 Å². The van der Waals surface area contributed by atoms with Crippen LogP contribution >= 0.6 is 11.6 Å². The molecule has 0 aromatic heterocycles. The number of sulfone groups is 1. The summed E-state index contributed by atoms with van der Waals surface area (Å²) in [6.07, 6.45) is 2.99. The molecule has 1 aromatic rings. The number of hydrogen-bond donors (Lipinski definition) is 0. The third-order valence-electron chi connectivity index (χ3n) is 4.57. The van der Waals surface area contributed by atoms with E-state index in [0.29, 0.717) is 12.4 Å². The van der Waals surface area contributed by atoms with Gasteiger partial charge in [0.25, 0.3) is 0 Å². The molecule has 1 aromatic carbocycles. The Labute approximate surface area is 175 Å². The lowest BCUT2D eigenvalue weighted by Gasteiger charge is -2.33. The average Bonchev–Trinajstić information content (AvgIpc) is 2.52. The van der Waals surface area contributed by atoms with Crippen LogP contribution in [0.15, 0.2) is 23.1 Å². The van der Waals surface area contributed by atoms with Crippen LogP contribution in [0.1, 0.15) is 79.2 Å². The molecule has 0 amide bonds. The number of hydrogen-bond acceptors (Lipinski definition) is 4. The minimum atomic E-state index is -3.59. The fourth-order valence-corrected chi connectivity index (χ4v) is 5.17. The van der Waals surface area contributed by atoms with Crippen LogP contribution in [0, 0.1) is 5.41 Å². The van der Waals surface area contributed by atoms with E-state index < -0.39 is 15.1 Å². The van der Waals surface area contributed by atoms with Crippen LogP contribution in [0.5, 0.6) is 5.75 Å². The molecule has 0 atom stereocenters. The fourth-order valence-electron chi connectivity index (χ4n) is 3.56. The van der Waals surface area contributed by atoms with Crippen LogP contribution in [0.3, 0.4) is 0 Å². The van der Waals surface area contributed by atoms with Crippen molar-refractivity contribution in [2.24, 2.45) is 5.41 Å². The molecule has 0 aliphatic rings. The van der Waals surface area contributed by atoms with E-state index in [0.717, 1.165) is 24.8 Å². The van der Waals surface area contributed by atoms with E-state index in [4.69, 9.17) is 16.3 Å². The van der Waals surface area contributed by atoms with Gasteiger partial charge in [-0.2, -0.15) is 0 Å². The fraction of sp³-hybridized carbons (Fsp3) is 0.682. The molecule has 0 saturated heterocycles. The van der Waals surface area contributed by atoms with Crippen molar-refractivity contribution in [3.05, 3.63) is 23.8 Å². The predicted molar refractivity (Wildman–Crippen MR) is 116 cm³/mol. The lowest BCUT2D eigenvalue weighted by molar-refractivity contribution is -0.111. The van der Waals surface area contributed by atoms with Crippen molar-refractivity contribution >= 4 is 26.7 Å². The van der Waals surface area contributed by atoms with E-state index in [9.17, 15) is 13.2 Å². The average molecular weight is 431 g/mol. The van der Waals surface area contributed by atoms with Gasteiger partial charge in [-0.05, 0) is 59.4 Å². The van der Waals surface area contributed by atoms with Crippen LogP contribution in [0.4, 0.5) is 0 Å². The number of benzene rings is 1. The van der Waals surface area contributed by atoms with E-state index in [2.05, 4.69) is 41.5 Å². The number of rotatable bonds is 11. The van der Waals surface area contributed by atoms with Gasteiger partial charge in [0.15, 0.2) is 9.84 Å². The Bertz CT molecular complexity index is 761. The highest BCUT2D eigenvalue weighted by Gasteiger charge is 2.30. The molecule has 0 aliphatic carbocycles. The Morgan fingerprint density at radius 1 is 1.11 bits per heavy atom. The zero-order valence-electron chi connectivity index (χ0n) is 18.1. The Morgan fingerprint density at radius 3 is 2.29 bits per heavy atom. The van der Waals surface area contributed by atoms with Gasteiger partial charge >= 0.3 is 0 Å². The summed E-state index contributed by atoms with van der Waals surface area (Å²) in [6, 6.07) is 5.49. The van der Waals surface area contributed by atoms with Crippen LogP contribution < -0.4 is 4.74 Å². The van der Waals surface area contributed by atoms with Crippen LogP contribution in [0.2, 0.25) is 0 Å². The zero-order chi connectivity index (χ0) is 21.6. The Hall–Kier alpha value is -1.07. The standard InChI is InChI=1S/C22H35ClO4S/c1-7-8-13-27-18-12-11-17(22(5,6)16-21(2,3)4)15-19(18)28(25,26)14-9-10-20(23)24/h11-12,15H,7-10,13-14,16H2,1-6H3. The van der Waals surface area contributed by atoms with Crippen LogP contribution in [-0.4, -0.2) is 26.0 Å². The molecule has 0 bridgehead atoms. The normalized spacial score (nSPS) is 12.8. The summed E-state index contributed by atoms with van der Waals surface area (Å²) in [4.78, 5) is 11.2. The monoisotopic (exact) mass is 430 g/mol. The predicted octanol–water partition coefficient (Wildman–Crippen LogP) is 5.90. The lowest BCUT2D eigenvalue weighted by Crippen LogP contribution is -2.25. The van der Waals surface area contributed by atoms with Crippen LogP contribution in [0.25, 0.3) is 0 Å². The second kappa shape index (κ2) is 10.1. The van der Waals surface area contributed by atoms with E-state index >= 15 is 0 Å². The zero-order valence-corrected chi connectivity index (χ0v) is 19.7. The molecule has 0 aliphatic heterocycles. The number of ether oxygens (including phenoxy) is 1. The maximum absolute atomic E-state index is 13.0. The number of carbonyl (C=O) groups excluding carboxylic acids is 1. The maximum atomic E-state index is 13.0. The molecule has 28 heavy (non-hydrogen) atoms. The van der Waals surface area contributed by atoms with Gasteiger partial charge in [0.2, 0.25) is 5.24 Å². The summed E-state index contributed by atoms with van der Waals surface area (Å²) in [5.41, 5.74) is 0.896. The smallest absolute Gasteiger partial charge is 0.221 e. The SMILES string of the molecule is CCCCOc1ccc(C(C)(C)CC(C)(C)C)cc1S(=O)(=O)CCCC(=O)Cl. The summed E-state index contributed by atoms with van der Waals surface area (Å²) >= 11 is 5.36. The Morgan fingerprint density at radius 2 is 1.75 bits per heavy atom. The lowest BCUT2D eigenvalue weighted by atomic mass is 9.72. The highest BCUT2D eigenvalue weighted by molar-refractivity contribution is 7.91. The maximum Gasteiger partial charge on any atom is 0.221 e. The first-order valence-corrected chi connectivity index (χ1v) is 12.0. The molecule has 160 valence electrons. The van der Waals surface area contributed by atoms with Crippen molar-refractivity contribution in [1.82, 2.24) is 0 Å². The van der Waals surface area contributed by atoms with E-state index in [-0.39, 0.29) is 34.3 Å². The highest BCUT2D eigenvalue weighted by atomic mass is 35.5. The first-order chi connectivity index (χ1) is 12.8. The van der Waals surface area contributed by atoms with Gasteiger partial charge in [0.05, 0.1) is 12.4 Å². The largest absolute Gasteiger partial charge is 0.492 e. The van der Waals surface area contributed by atoms with Gasteiger partial charge in [0.1, 0.15) is 10.6 Å². The van der Waals surface area contributed by atoms with Gasteiger partial charge in [-0.15, -0.1) is 0 Å². The molecule has 0 unspecified atom stereocenters. The summed E-state index contributed by atoms with van der Waals surface area (Å²) in [5.74, 6) is 0.264. The first-order valence-electron chi connectivity index (χ1n) is 9.97. The van der Waals surface area contributed by atoms with Crippen molar-refractivity contribution < 1.29 is 17.9 Å². The molecule has 6 heteroatoms. The van der Waals surface area contributed by atoms with Crippen molar-refractivity contribution in [1.29, 1.82) is 0 Å². The highest BCUT2D eigenvalue weighted by Crippen LogP contribution is 2.39. The summed E-state index contributed by atoms with van der Waals surface area (Å²) in [6.45, 7) is 13.3. The number of unbranched alkanes of at least 4 members (excludes halogenated alkanes) is 1. The van der Waals surface area contributed by atoms with Gasteiger partial charge in [-0.1, -0.05) is 54.0 Å². The first kappa shape index (κ1) is 25.0. The third kappa shape index (κ3) is 8.12. The summed E-state index contributed by atoms with van der Waals surface area (Å²) in [5, 5.41) is -0.519. The second-order valence-corrected chi connectivity index (χ2v) is 11.8. The summed E-state index contributed by atoms with van der Waals surface area (Å²) < 4.78 is 31.8. The minimum absolute atomic E-state index is 0.0437. The molecule has 0 saturated carbocycles.